The van der Waals surface area contributed by atoms with Gasteiger partial charge in [0.15, 0.2) is 17.3 Å². The second-order valence-corrected chi connectivity index (χ2v) is 4.57. The summed E-state index contributed by atoms with van der Waals surface area (Å²) in [4.78, 5) is 8.57. The molecule has 0 radical (unpaired) electrons. The van der Waals surface area contributed by atoms with Gasteiger partial charge in [0.05, 0.1) is 19.9 Å². The quantitative estimate of drug-likeness (QED) is 0.720. The second kappa shape index (κ2) is 5.88. The minimum atomic E-state index is 0.413. The summed E-state index contributed by atoms with van der Waals surface area (Å²) < 4.78 is 17.6. The number of rotatable bonds is 5. The average Bonchev–Trinajstić information content (AvgIpc) is 3.22. The summed E-state index contributed by atoms with van der Waals surface area (Å²) in [7, 11) is 3.21. The molecule has 22 heavy (non-hydrogen) atoms. The molecule has 114 valence electrons. The summed E-state index contributed by atoms with van der Waals surface area (Å²) in [5.41, 5.74) is 1.52. The minimum Gasteiger partial charge on any atom is -0.493 e. The van der Waals surface area contributed by atoms with Gasteiger partial charge in [-0.25, -0.2) is 4.98 Å². The number of benzene rings is 1. The summed E-state index contributed by atoms with van der Waals surface area (Å²) in [6, 6.07) is 5.63. The van der Waals surface area contributed by atoms with Crippen LogP contribution in [0.1, 0.15) is 12.7 Å². The largest absolute Gasteiger partial charge is 0.493 e. The van der Waals surface area contributed by atoms with E-state index in [1.54, 1.807) is 20.5 Å². The summed E-state index contributed by atoms with van der Waals surface area (Å²) >= 11 is 0. The maximum Gasteiger partial charge on any atom is 0.278 e. The van der Waals surface area contributed by atoms with Crippen molar-refractivity contribution < 1.29 is 14.0 Å². The molecule has 7 nitrogen and oxygen atoms in total. The third kappa shape index (κ3) is 2.52. The molecule has 0 bridgehead atoms. The molecule has 0 aliphatic carbocycles. The lowest BCUT2D eigenvalue weighted by Gasteiger charge is -2.09. The molecular formula is C15H16N4O3. The third-order valence-corrected chi connectivity index (χ3v) is 3.25. The topological polar surface area (TPSA) is 75.2 Å². The molecule has 0 N–H and O–H groups in total. The molecule has 0 unspecified atom stereocenters. The maximum absolute atomic E-state index is 5.31. The average molecular weight is 300 g/mol. The fourth-order valence-electron chi connectivity index (χ4n) is 2.06. The van der Waals surface area contributed by atoms with Crippen LogP contribution in [0.2, 0.25) is 0 Å². The number of imidazole rings is 1. The van der Waals surface area contributed by atoms with E-state index in [-0.39, 0.29) is 0 Å². The van der Waals surface area contributed by atoms with Crippen LogP contribution in [0.4, 0.5) is 0 Å². The summed E-state index contributed by atoms with van der Waals surface area (Å²) in [6.45, 7) is 1.97. The first-order valence-corrected chi connectivity index (χ1v) is 6.84. The van der Waals surface area contributed by atoms with Gasteiger partial charge in [-0.1, -0.05) is 12.1 Å². The van der Waals surface area contributed by atoms with E-state index in [4.69, 9.17) is 14.0 Å². The van der Waals surface area contributed by atoms with Crippen molar-refractivity contribution >= 4 is 0 Å². The number of hydrogen-bond donors (Lipinski definition) is 0. The van der Waals surface area contributed by atoms with Crippen molar-refractivity contribution in [3.63, 3.8) is 0 Å². The Morgan fingerprint density at radius 1 is 1.18 bits per heavy atom. The van der Waals surface area contributed by atoms with E-state index in [1.165, 1.54) is 0 Å². The Hall–Kier alpha value is -2.83. The van der Waals surface area contributed by atoms with Gasteiger partial charge in [0.1, 0.15) is 12.0 Å². The van der Waals surface area contributed by atoms with Crippen LogP contribution in [-0.4, -0.2) is 33.9 Å². The van der Waals surface area contributed by atoms with Crippen LogP contribution in [0, 0.1) is 0 Å². The molecule has 7 heteroatoms. The van der Waals surface area contributed by atoms with E-state index in [2.05, 4.69) is 15.1 Å². The normalized spacial score (nSPS) is 10.7. The van der Waals surface area contributed by atoms with Crippen molar-refractivity contribution in [1.82, 2.24) is 19.7 Å². The lowest BCUT2D eigenvalue weighted by Crippen LogP contribution is -1.94. The predicted octanol–water partition coefficient (Wildman–Crippen LogP) is 2.50. The number of aryl methyl sites for hydroxylation is 1. The number of nitrogens with zero attached hydrogens (tertiary/aromatic N) is 4. The summed E-state index contributed by atoms with van der Waals surface area (Å²) in [5.74, 6) is 2.41. The van der Waals surface area contributed by atoms with E-state index >= 15 is 0 Å². The Morgan fingerprint density at radius 3 is 2.68 bits per heavy atom. The van der Waals surface area contributed by atoms with Crippen LogP contribution in [0.25, 0.3) is 17.3 Å². The second-order valence-electron chi connectivity index (χ2n) is 4.57. The molecule has 0 amide bonds. The Kier molecular flexibility index (Phi) is 3.78. The first-order chi connectivity index (χ1) is 10.7. The van der Waals surface area contributed by atoms with Gasteiger partial charge in [-0.2, -0.15) is 4.98 Å². The number of hydrogen-bond acceptors (Lipinski definition) is 6. The molecule has 2 aromatic heterocycles. The molecule has 2 heterocycles. The molecule has 0 saturated heterocycles. The highest BCUT2D eigenvalue weighted by molar-refractivity contribution is 5.51. The first kappa shape index (κ1) is 14.1. The fraction of sp³-hybridized carbons (Fsp3) is 0.267. The van der Waals surface area contributed by atoms with Crippen LogP contribution in [0.15, 0.2) is 35.2 Å². The van der Waals surface area contributed by atoms with Crippen molar-refractivity contribution in [2.75, 3.05) is 14.2 Å². The highest BCUT2D eigenvalue weighted by Gasteiger charge is 2.12. The van der Waals surface area contributed by atoms with E-state index in [1.807, 2.05) is 35.9 Å². The Bertz CT molecular complexity index is 779. The van der Waals surface area contributed by atoms with E-state index < -0.39 is 0 Å². The van der Waals surface area contributed by atoms with E-state index in [0.29, 0.717) is 28.9 Å². The van der Waals surface area contributed by atoms with E-state index in [9.17, 15) is 0 Å². The SMILES string of the molecule is CCc1noc(-c2cn(-c3ccc(OC)c(OC)c3)cn2)n1. The summed E-state index contributed by atoms with van der Waals surface area (Å²) in [6.07, 6.45) is 4.24. The van der Waals surface area contributed by atoms with Crippen molar-refractivity contribution in [3.8, 4) is 28.8 Å². The van der Waals surface area contributed by atoms with Gasteiger partial charge in [0, 0.05) is 18.7 Å². The molecule has 3 aromatic rings. The van der Waals surface area contributed by atoms with Gasteiger partial charge < -0.3 is 18.6 Å². The minimum absolute atomic E-state index is 0.413. The molecule has 0 aliphatic rings. The predicted molar refractivity (Wildman–Crippen MR) is 79.3 cm³/mol. The van der Waals surface area contributed by atoms with Crippen molar-refractivity contribution in [1.29, 1.82) is 0 Å². The zero-order chi connectivity index (χ0) is 15.5. The molecule has 1 aromatic carbocycles. The Morgan fingerprint density at radius 2 is 2.00 bits per heavy atom. The molecule has 0 fully saturated rings. The fourth-order valence-corrected chi connectivity index (χ4v) is 2.06. The monoisotopic (exact) mass is 300 g/mol. The zero-order valence-electron chi connectivity index (χ0n) is 12.6. The van der Waals surface area contributed by atoms with Crippen molar-refractivity contribution in [3.05, 3.63) is 36.5 Å². The maximum atomic E-state index is 5.31. The molecule has 0 spiro atoms. The van der Waals surface area contributed by atoms with Crippen molar-refractivity contribution in [2.45, 2.75) is 13.3 Å². The van der Waals surface area contributed by atoms with Gasteiger partial charge in [-0.3, -0.25) is 0 Å². The zero-order valence-corrected chi connectivity index (χ0v) is 12.6. The summed E-state index contributed by atoms with van der Waals surface area (Å²) in [5, 5.41) is 3.87. The molecular weight excluding hydrogens is 284 g/mol. The van der Waals surface area contributed by atoms with Gasteiger partial charge in [-0.15, -0.1) is 0 Å². The highest BCUT2D eigenvalue weighted by Crippen LogP contribution is 2.29. The molecule has 3 rings (SSSR count). The van der Waals surface area contributed by atoms with Crippen LogP contribution < -0.4 is 9.47 Å². The van der Waals surface area contributed by atoms with E-state index in [0.717, 1.165) is 12.1 Å². The number of ether oxygens (including phenoxy) is 2. The standard InChI is InChI=1S/C15H16N4O3/c1-4-14-17-15(22-18-14)11-8-19(9-16-11)10-5-6-12(20-2)13(7-10)21-3/h5-9H,4H2,1-3H3. The smallest absolute Gasteiger partial charge is 0.278 e. The van der Waals surface area contributed by atoms with Gasteiger partial charge in [0.2, 0.25) is 0 Å². The van der Waals surface area contributed by atoms with Gasteiger partial charge in [-0.05, 0) is 12.1 Å². The van der Waals surface area contributed by atoms with Crippen LogP contribution >= 0.6 is 0 Å². The molecule has 0 saturated carbocycles. The van der Waals surface area contributed by atoms with Crippen LogP contribution in [-0.2, 0) is 6.42 Å². The number of methoxy groups -OCH3 is 2. The molecule has 0 aliphatic heterocycles. The Balaban J connectivity index is 1.93. The van der Waals surface area contributed by atoms with Crippen LogP contribution in [0.5, 0.6) is 11.5 Å². The Labute approximate surface area is 127 Å². The first-order valence-electron chi connectivity index (χ1n) is 6.84. The highest BCUT2D eigenvalue weighted by atomic mass is 16.5. The lowest BCUT2D eigenvalue weighted by molar-refractivity contribution is 0.355. The van der Waals surface area contributed by atoms with Gasteiger partial charge >= 0.3 is 0 Å². The lowest BCUT2D eigenvalue weighted by atomic mass is 10.2. The van der Waals surface area contributed by atoms with Crippen molar-refractivity contribution in [2.24, 2.45) is 0 Å². The number of aromatic nitrogens is 4. The third-order valence-electron chi connectivity index (χ3n) is 3.25. The van der Waals surface area contributed by atoms with Crippen LogP contribution in [0.3, 0.4) is 0 Å². The van der Waals surface area contributed by atoms with Gasteiger partial charge in [0.25, 0.3) is 5.89 Å². The molecule has 0 atom stereocenters.